The van der Waals surface area contributed by atoms with Crippen molar-refractivity contribution in [2.45, 2.75) is 209 Å². The van der Waals surface area contributed by atoms with Crippen LogP contribution in [0.2, 0.25) is 0 Å². The van der Waals surface area contributed by atoms with Crippen molar-refractivity contribution in [3.8, 4) is 0 Å². The minimum atomic E-state index is -1.01. The summed E-state index contributed by atoms with van der Waals surface area (Å²) in [5.41, 5.74) is -0.830. The van der Waals surface area contributed by atoms with E-state index in [1.807, 2.05) is 6.92 Å². The second kappa shape index (κ2) is 38.3. The molecule has 0 saturated carbocycles. The second-order valence-electron chi connectivity index (χ2n) is 23.1. The third kappa shape index (κ3) is 47.4. The van der Waals surface area contributed by atoms with Gasteiger partial charge in [-0.3, -0.25) is 19.2 Å². The number of methoxy groups -OCH3 is 4. The van der Waals surface area contributed by atoms with Gasteiger partial charge in [0.05, 0.1) is 37.9 Å². The molecule has 0 aliphatic rings. The van der Waals surface area contributed by atoms with Crippen molar-refractivity contribution in [3.05, 3.63) is 0 Å². The van der Waals surface area contributed by atoms with Crippen molar-refractivity contribution in [1.29, 1.82) is 0 Å². The van der Waals surface area contributed by atoms with Gasteiger partial charge in [-0.15, -0.1) is 0 Å². The van der Waals surface area contributed by atoms with E-state index in [2.05, 4.69) is 53.2 Å². The molecule has 0 aromatic rings. The summed E-state index contributed by atoms with van der Waals surface area (Å²) in [6, 6.07) is 0. The Labute approximate surface area is 430 Å². The summed E-state index contributed by atoms with van der Waals surface area (Å²) >= 11 is 0. The molecular formula is C54H104O17. The lowest BCUT2D eigenvalue weighted by Gasteiger charge is -2.24. The van der Waals surface area contributed by atoms with Crippen LogP contribution in [0.3, 0.4) is 0 Å². The van der Waals surface area contributed by atoms with Crippen LogP contribution in [-0.2, 0) is 80.9 Å². The number of rotatable bonds is 23. The average Bonchev–Trinajstić information content (AvgIpc) is 3.22. The molecule has 0 saturated heterocycles. The highest BCUT2D eigenvalue weighted by Gasteiger charge is 2.32. The highest BCUT2D eigenvalue weighted by atomic mass is 16.6. The Morgan fingerprint density at radius 1 is 0.437 bits per heavy atom. The summed E-state index contributed by atoms with van der Waals surface area (Å²) in [6.45, 7) is 45.5. The monoisotopic (exact) mass is 1020 g/mol. The first-order valence-electron chi connectivity index (χ1n) is 24.6. The lowest BCUT2D eigenvalue weighted by Crippen LogP contribution is -2.37. The average molecular weight is 1030 g/mol. The number of Topliss-reactive ketones (excluding diaryl/α,β-unsaturated/α-hetero) is 3. The first-order valence-corrected chi connectivity index (χ1v) is 24.6. The summed E-state index contributed by atoms with van der Waals surface area (Å²) in [4.78, 5) is 79.9. The number of esters is 4. The number of carbonyl (C=O) groups excluding carboxylic acids is 7. The fraction of sp³-hybridized carbons (Fsp3) is 0.870. The Kier molecular flexibility index (Phi) is 41.3. The van der Waals surface area contributed by atoms with Crippen molar-refractivity contribution in [2.24, 2.45) is 33.0 Å². The third-order valence-corrected chi connectivity index (χ3v) is 9.39. The zero-order valence-corrected chi connectivity index (χ0v) is 49.6. The smallest absolute Gasteiger partial charge is 0.347 e. The standard InChI is InChI=1S/C14H24O5.C11H24O2.2C10H18O4.C9H20O2/c1-8(2)12(16)19-10(4)13(17)18-9(3)11(15)14(5,6)7;1-9(7-11(3,4)5)13-8-10(2)12-6;1-7(9(12)10(2,3)4)14-8(11)6-13-5;1-7(13-5)9(12)14-6-8(11)10(2,3)4;1-9(2,3)5-6-11-8-7-10-4/h8-10H,1-7H3;9-10H,7-8H2,1-6H3;2*7H,6H2,1-5H3;5-8H2,1-4H3. The van der Waals surface area contributed by atoms with Crippen molar-refractivity contribution in [3.63, 3.8) is 0 Å². The van der Waals surface area contributed by atoms with Gasteiger partial charge in [0.15, 0.2) is 48.4 Å². The third-order valence-electron chi connectivity index (χ3n) is 9.39. The van der Waals surface area contributed by atoms with Crippen molar-refractivity contribution in [1.82, 2.24) is 0 Å². The molecule has 0 radical (unpaired) electrons. The Hall–Kier alpha value is -3.35. The molecule has 0 aliphatic carbocycles. The fourth-order valence-electron chi connectivity index (χ4n) is 4.78. The molecule has 0 amide bonds. The lowest BCUT2D eigenvalue weighted by atomic mass is 9.88. The van der Waals surface area contributed by atoms with E-state index in [0.717, 1.165) is 19.4 Å². The number of carbonyl (C=O) groups is 7. The van der Waals surface area contributed by atoms with Crippen molar-refractivity contribution < 1.29 is 80.9 Å². The van der Waals surface area contributed by atoms with Gasteiger partial charge in [-0.1, -0.05) is 118 Å². The topological polar surface area (TPSA) is 212 Å². The predicted molar refractivity (Wildman–Crippen MR) is 277 cm³/mol. The van der Waals surface area contributed by atoms with Gasteiger partial charge in [-0.2, -0.15) is 0 Å². The molecule has 0 spiro atoms. The van der Waals surface area contributed by atoms with Crippen LogP contribution < -0.4 is 0 Å². The van der Waals surface area contributed by atoms with E-state index in [0.29, 0.717) is 36.8 Å². The molecule has 0 aliphatic heterocycles. The molecule has 6 unspecified atom stereocenters. The SMILES string of the molecule is CC(C)C(=O)OC(C)C(=O)OC(C)C(=O)C(C)(C)C.COC(C)C(=O)OCC(=O)C(C)(C)C.COC(C)COC(C)CC(C)(C)C.COCC(=O)OC(C)C(=O)C(C)(C)C.COCCOCCC(C)(C)C. The van der Waals surface area contributed by atoms with Gasteiger partial charge >= 0.3 is 23.9 Å². The van der Waals surface area contributed by atoms with Crippen LogP contribution in [0.1, 0.15) is 172 Å². The summed E-state index contributed by atoms with van der Waals surface area (Å²) in [6.07, 6.45) is -0.488. The van der Waals surface area contributed by atoms with Crippen LogP contribution in [0, 0.1) is 33.0 Å². The van der Waals surface area contributed by atoms with Gasteiger partial charge < -0.3 is 47.4 Å². The van der Waals surface area contributed by atoms with Gasteiger partial charge in [0.25, 0.3) is 0 Å². The Morgan fingerprint density at radius 2 is 0.901 bits per heavy atom. The van der Waals surface area contributed by atoms with E-state index in [9.17, 15) is 33.6 Å². The van der Waals surface area contributed by atoms with Crippen LogP contribution in [-0.4, -0.2) is 146 Å². The van der Waals surface area contributed by atoms with Crippen molar-refractivity contribution >= 4 is 41.2 Å². The van der Waals surface area contributed by atoms with Crippen LogP contribution >= 0.6 is 0 Å². The second-order valence-corrected chi connectivity index (χ2v) is 23.1. The summed E-state index contributed by atoms with van der Waals surface area (Å²) in [5, 5.41) is 0. The van der Waals surface area contributed by atoms with E-state index in [1.165, 1.54) is 28.1 Å². The van der Waals surface area contributed by atoms with E-state index in [4.69, 9.17) is 42.6 Å². The van der Waals surface area contributed by atoms with E-state index in [1.54, 1.807) is 104 Å². The largest absolute Gasteiger partial charge is 0.456 e. The molecule has 0 aromatic carbocycles. The molecule has 0 fully saturated rings. The van der Waals surface area contributed by atoms with Crippen LogP contribution in [0.5, 0.6) is 0 Å². The molecule has 17 nitrogen and oxygen atoms in total. The number of hydrogen-bond acceptors (Lipinski definition) is 17. The van der Waals surface area contributed by atoms with Crippen LogP contribution in [0.25, 0.3) is 0 Å². The Balaban J connectivity index is -0.000000259. The van der Waals surface area contributed by atoms with Crippen LogP contribution in [0.4, 0.5) is 0 Å². The van der Waals surface area contributed by atoms with Gasteiger partial charge in [0.2, 0.25) is 0 Å². The van der Waals surface area contributed by atoms with Crippen LogP contribution in [0.15, 0.2) is 0 Å². The van der Waals surface area contributed by atoms with E-state index >= 15 is 0 Å². The highest BCUT2D eigenvalue weighted by Crippen LogP contribution is 2.23. The summed E-state index contributed by atoms with van der Waals surface area (Å²) in [7, 11) is 6.21. The normalized spacial score (nSPS) is 14.3. The van der Waals surface area contributed by atoms with E-state index < -0.39 is 64.5 Å². The number of ketones is 3. The predicted octanol–water partition coefficient (Wildman–Crippen LogP) is 9.43. The Morgan fingerprint density at radius 3 is 1.27 bits per heavy atom. The maximum atomic E-state index is 11.9. The quantitative estimate of drug-likeness (QED) is 0.0530. The number of hydrogen-bond donors (Lipinski definition) is 0. The van der Waals surface area contributed by atoms with Crippen molar-refractivity contribution in [2.75, 3.05) is 68.1 Å². The summed E-state index contributed by atoms with van der Waals surface area (Å²) in [5.74, 6) is -2.90. The molecule has 71 heavy (non-hydrogen) atoms. The molecule has 0 rings (SSSR count). The fourth-order valence-corrected chi connectivity index (χ4v) is 4.78. The molecule has 422 valence electrons. The molecule has 6 atom stereocenters. The summed E-state index contributed by atoms with van der Waals surface area (Å²) < 4.78 is 49.8. The van der Waals surface area contributed by atoms with Gasteiger partial charge in [-0.25, -0.2) is 14.4 Å². The molecule has 0 aromatic heterocycles. The molecule has 0 heterocycles. The maximum Gasteiger partial charge on any atom is 0.347 e. The molecule has 0 N–H and O–H groups in total. The molecule has 17 heteroatoms. The zero-order valence-electron chi connectivity index (χ0n) is 49.6. The minimum absolute atomic E-state index is 0.0954. The highest BCUT2D eigenvalue weighted by molar-refractivity contribution is 5.90. The first kappa shape index (κ1) is 76.6. The minimum Gasteiger partial charge on any atom is -0.456 e. The molecular weight excluding hydrogens is 921 g/mol. The maximum absolute atomic E-state index is 11.9. The first-order chi connectivity index (χ1) is 31.9. The number of ether oxygens (including phenoxy) is 10. The zero-order chi connectivity index (χ0) is 57.3. The van der Waals surface area contributed by atoms with E-state index in [-0.39, 0.29) is 42.6 Å². The molecule has 0 bridgehead atoms. The Bertz CT molecular complexity index is 1490. The lowest BCUT2D eigenvalue weighted by molar-refractivity contribution is -0.173. The van der Waals surface area contributed by atoms with Gasteiger partial charge in [-0.05, 0) is 65.2 Å². The van der Waals surface area contributed by atoms with Gasteiger partial charge in [0.1, 0.15) is 6.61 Å². The van der Waals surface area contributed by atoms with Gasteiger partial charge in [0, 0.05) is 51.3 Å².